The van der Waals surface area contributed by atoms with Crippen molar-refractivity contribution in [1.29, 1.82) is 0 Å². The number of carbonyl (C=O) groups is 1. The van der Waals surface area contributed by atoms with Crippen molar-refractivity contribution in [3.05, 3.63) is 11.9 Å². The fourth-order valence-electron chi connectivity index (χ4n) is 4.08. The molecule has 9 heteroatoms. The van der Waals surface area contributed by atoms with Gasteiger partial charge in [-0.3, -0.25) is 4.79 Å². The Morgan fingerprint density at radius 2 is 1.18 bits per heavy atom. The molecule has 0 unspecified atom stereocenters. The van der Waals surface area contributed by atoms with Crippen LogP contribution in [0, 0.1) is 6.92 Å². The minimum atomic E-state index is 0.127. The van der Waals surface area contributed by atoms with E-state index in [1.165, 1.54) is 70.6 Å². The zero-order valence-electron chi connectivity index (χ0n) is 24.4. The van der Waals surface area contributed by atoms with Crippen molar-refractivity contribution in [3.8, 4) is 0 Å². The van der Waals surface area contributed by atoms with E-state index in [4.69, 9.17) is 18.9 Å². The van der Waals surface area contributed by atoms with Gasteiger partial charge in [-0.15, -0.1) is 5.10 Å². The van der Waals surface area contributed by atoms with Crippen molar-refractivity contribution in [2.45, 2.75) is 110 Å². The first-order valence-corrected chi connectivity index (χ1v) is 15.2. The molecule has 0 aliphatic heterocycles. The molecule has 0 spiro atoms. The average molecular weight is 541 g/mol. The van der Waals surface area contributed by atoms with Crippen molar-refractivity contribution < 1.29 is 23.7 Å². The number of hydrogen-bond donors (Lipinski definition) is 1. The van der Waals surface area contributed by atoms with Gasteiger partial charge in [-0.25, -0.2) is 4.68 Å². The molecular weight excluding hydrogens is 484 g/mol. The highest BCUT2D eigenvalue weighted by atomic mass is 16.6. The summed E-state index contributed by atoms with van der Waals surface area (Å²) < 4.78 is 23.7. The van der Waals surface area contributed by atoms with Crippen LogP contribution in [0.2, 0.25) is 0 Å². The molecule has 0 saturated heterocycles. The van der Waals surface area contributed by atoms with Gasteiger partial charge in [0, 0.05) is 19.2 Å². The first kappa shape index (κ1) is 34.5. The van der Waals surface area contributed by atoms with Gasteiger partial charge >= 0.3 is 0 Å². The molecule has 0 atom stereocenters. The highest BCUT2D eigenvalue weighted by Gasteiger charge is 2.01. The third-order valence-corrected chi connectivity index (χ3v) is 6.31. The first-order chi connectivity index (χ1) is 18.7. The summed E-state index contributed by atoms with van der Waals surface area (Å²) >= 11 is 0. The predicted molar refractivity (Wildman–Crippen MR) is 151 cm³/mol. The lowest BCUT2D eigenvalue weighted by atomic mass is 10.0. The van der Waals surface area contributed by atoms with Gasteiger partial charge < -0.3 is 24.3 Å². The van der Waals surface area contributed by atoms with Crippen LogP contribution in [0.15, 0.2) is 6.20 Å². The molecule has 0 saturated carbocycles. The molecule has 222 valence electrons. The van der Waals surface area contributed by atoms with E-state index in [0.717, 1.165) is 18.5 Å². The second kappa shape index (κ2) is 27.0. The molecule has 1 aromatic heterocycles. The summed E-state index contributed by atoms with van der Waals surface area (Å²) in [4.78, 5) is 11.9. The second-order valence-electron chi connectivity index (χ2n) is 9.92. The van der Waals surface area contributed by atoms with E-state index in [9.17, 15) is 4.79 Å². The Hall–Kier alpha value is -1.55. The van der Waals surface area contributed by atoms with Crippen molar-refractivity contribution in [3.63, 3.8) is 0 Å². The topological polar surface area (TPSA) is 96.7 Å². The number of amides is 1. The number of aryl methyl sites for hydroxylation is 1. The van der Waals surface area contributed by atoms with Crippen LogP contribution in [-0.2, 0) is 30.3 Å². The fraction of sp³-hybridized carbons (Fsp3) is 0.897. The smallest absolute Gasteiger partial charge is 0.220 e. The van der Waals surface area contributed by atoms with E-state index in [2.05, 4.69) is 22.6 Å². The lowest BCUT2D eigenvalue weighted by molar-refractivity contribution is -0.121. The molecule has 1 aromatic rings. The van der Waals surface area contributed by atoms with E-state index in [1.807, 2.05) is 13.1 Å². The van der Waals surface area contributed by atoms with Gasteiger partial charge in [-0.1, -0.05) is 89.2 Å². The minimum Gasteiger partial charge on any atom is -0.377 e. The summed E-state index contributed by atoms with van der Waals surface area (Å²) in [6, 6.07) is 0. The predicted octanol–water partition coefficient (Wildman–Crippen LogP) is 5.25. The Kier molecular flexibility index (Phi) is 24.5. The van der Waals surface area contributed by atoms with Gasteiger partial charge in [-0.2, -0.15) is 0 Å². The number of nitrogens with one attached hydrogen (secondary N) is 1. The number of carbonyl (C=O) groups excluding carboxylic acids is 1. The molecule has 0 aliphatic carbocycles. The van der Waals surface area contributed by atoms with Crippen LogP contribution in [0.3, 0.4) is 0 Å². The molecule has 1 rings (SSSR count). The summed E-state index contributed by atoms with van der Waals surface area (Å²) in [5, 5.41) is 10.8. The molecule has 1 amide bonds. The molecule has 0 aliphatic rings. The SMILES string of the molecule is CCCCCCCCCCCCCCCC(=O)NCCOCCOCCOCCOCCn1cc(C)nn1. The highest BCUT2D eigenvalue weighted by Crippen LogP contribution is 2.12. The maximum absolute atomic E-state index is 11.9. The van der Waals surface area contributed by atoms with Crippen LogP contribution in [-0.4, -0.2) is 80.3 Å². The van der Waals surface area contributed by atoms with Gasteiger partial charge in [0.15, 0.2) is 0 Å². The number of nitrogens with zero attached hydrogens (tertiary/aromatic N) is 3. The number of ether oxygens (including phenoxy) is 4. The average Bonchev–Trinajstić information content (AvgIpc) is 3.33. The second-order valence-corrected chi connectivity index (χ2v) is 9.92. The van der Waals surface area contributed by atoms with Crippen molar-refractivity contribution in [1.82, 2.24) is 20.3 Å². The molecule has 1 N–H and O–H groups in total. The summed E-state index contributed by atoms with van der Waals surface area (Å²) in [6.45, 7) is 9.68. The Bertz CT molecular complexity index is 644. The monoisotopic (exact) mass is 540 g/mol. The summed E-state index contributed by atoms with van der Waals surface area (Å²) in [5.41, 5.74) is 0.904. The lowest BCUT2D eigenvalue weighted by Gasteiger charge is -2.08. The highest BCUT2D eigenvalue weighted by molar-refractivity contribution is 5.75. The van der Waals surface area contributed by atoms with Gasteiger partial charge in [0.1, 0.15) is 0 Å². The Balaban J connectivity index is 1.69. The van der Waals surface area contributed by atoms with Gasteiger partial charge in [0.05, 0.1) is 65.1 Å². The van der Waals surface area contributed by atoms with Gasteiger partial charge in [0.2, 0.25) is 5.91 Å². The zero-order chi connectivity index (χ0) is 27.4. The van der Waals surface area contributed by atoms with Crippen LogP contribution < -0.4 is 5.32 Å². The summed E-state index contributed by atoms with van der Waals surface area (Å²) in [5.74, 6) is 0.127. The molecule has 1 heterocycles. The molecule has 0 aromatic carbocycles. The molecule has 0 bridgehead atoms. The lowest BCUT2D eigenvalue weighted by Crippen LogP contribution is -2.27. The maximum atomic E-state index is 11.9. The Labute approximate surface area is 231 Å². The van der Waals surface area contributed by atoms with E-state index in [-0.39, 0.29) is 5.91 Å². The summed E-state index contributed by atoms with van der Waals surface area (Å²) in [6.07, 6.45) is 19.7. The van der Waals surface area contributed by atoms with Crippen molar-refractivity contribution >= 4 is 5.91 Å². The molecule has 0 fully saturated rings. The van der Waals surface area contributed by atoms with Crippen molar-refractivity contribution in [2.24, 2.45) is 0 Å². The van der Waals surface area contributed by atoms with Crippen molar-refractivity contribution in [2.75, 3.05) is 59.4 Å². The van der Waals surface area contributed by atoms with E-state index >= 15 is 0 Å². The first-order valence-electron chi connectivity index (χ1n) is 15.2. The van der Waals surface area contributed by atoms with Crippen LogP contribution >= 0.6 is 0 Å². The van der Waals surface area contributed by atoms with Crippen LogP contribution in [0.4, 0.5) is 0 Å². The number of rotatable bonds is 29. The third kappa shape index (κ3) is 23.6. The van der Waals surface area contributed by atoms with E-state index < -0.39 is 0 Å². The Morgan fingerprint density at radius 1 is 0.711 bits per heavy atom. The fourth-order valence-corrected chi connectivity index (χ4v) is 4.08. The summed E-state index contributed by atoms with van der Waals surface area (Å²) in [7, 11) is 0. The zero-order valence-corrected chi connectivity index (χ0v) is 24.4. The van der Waals surface area contributed by atoms with E-state index in [0.29, 0.717) is 72.4 Å². The molecule has 0 radical (unpaired) electrons. The normalized spacial score (nSPS) is 11.3. The molecular formula is C29H56N4O5. The number of aromatic nitrogens is 3. The van der Waals surface area contributed by atoms with Crippen LogP contribution in [0.5, 0.6) is 0 Å². The van der Waals surface area contributed by atoms with Gasteiger partial charge in [-0.05, 0) is 13.3 Å². The van der Waals surface area contributed by atoms with Gasteiger partial charge in [0.25, 0.3) is 0 Å². The number of unbranched alkanes of at least 4 members (excludes halogenated alkanes) is 12. The third-order valence-electron chi connectivity index (χ3n) is 6.31. The number of hydrogen-bond acceptors (Lipinski definition) is 7. The minimum absolute atomic E-state index is 0.127. The maximum Gasteiger partial charge on any atom is 0.220 e. The molecule has 9 nitrogen and oxygen atoms in total. The largest absolute Gasteiger partial charge is 0.377 e. The van der Waals surface area contributed by atoms with Crippen LogP contribution in [0.25, 0.3) is 0 Å². The van der Waals surface area contributed by atoms with E-state index in [1.54, 1.807) is 4.68 Å². The Morgan fingerprint density at radius 3 is 1.68 bits per heavy atom. The molecule has 38 heavy (non-hydrogen) atoms. The standard InChI is InChI=1S/C29H56N4O5/c1-3-4-5-6-7-8-9-10-11-12-13-14-15-16-29(34)30-17-19-35-21-23-37-25-26-38-24-22-36-20-18-33-27-28(2)31-32-33/h27H,3-26H2,1-2H3,(H,30,34). The quantitative estimate of drug-likeness (QED) is 0.139. The van der Waals surface area contributed by atoms with Crippen LogP contribution in [0.1, 0.15) is 103 Å².